The molecule has 5 rings (SSSR count). The fourth-order valence-corrected chi connectivity index (χ4v) is 4.77. The number of hydrogen-bond acceptors (Lipinski definition) is 6. The van der Waals surface area contributed by atoms with E-state index in [2.05, 4.69) is 15.6 Å². The number of pyridine rings is 1. The third-order valence-corrected chi connectivity index (χ3v) is 6.82. The molecule has 3 saturated carbocycles. The fourth-order valence-electron chi connectivity index (χ4n) is 4.65. The standard InChI is InChI=1S/C23H25ClFN3O5/c1-32-20-4-2-3-17(26-20)21(31)28-22-7-9-23(10-8-22,18(29)12-22)27-19(30)13-33-14-5-6-15(24)16(25)11-14/h2-6,11,18,29H,7-10,12-13H2,1H3,(H,27,30)(H,28,31). The number of ether oxygens (including phenoxy) is 2. The molecule has 176 valence electrons. The van der Waals surface area contributed by atoms with Gasteiger partial charge >= 0.3 is 0 Å². The van der Waals surface area contributed by atoms with Crippen LogP contribution in [0.3, 0.4) is 0 Å². The Morgan fingerprint density at radius 3 is 2.64 bits per heavy atom. The van der Waals surface area contributed by atoms with Crippen LogP contribution >= 0.6 is 11.6 Å². The number of carbonyl (C=O) groups is 2. The first kappa shape index (κ1) is 23.3. The number of aliphatic hydroxyl groups excluding tert-OH is 1. The Balaban J connectivity index is 1.35. The highest BCUT2D eigenvalue weighted by molar-refractivity contribution is 6.30. The minimum atomic E-state index is -0.838. The van der Waals surface area contributed by atoms with E-state index >= 15 is 0 Å². The summed E-state index contributed by atoms with van der Waals surface area (Å²) in [4.78, 5) is 29.4. The summed E-state index contributed by atoms with van der Waals surface area (Å²) in [5.41, 5.74) is -1.11. The van der Waals surface area contributed by atoms with Crippen LogP contribution < -0.4 is 20.1 Å². The summed E-state index contributed by atoms with van der Waals surface area (Å²) in [5.74, 6) is -0.847. The second-order valence-corrected chi connectivity index (χ2v) is 9.00. The zero-order valence-electron chi connectivity index (χ0n) is 18.1. The van der Waals surface area contributed by atoms with Crippen LogP contribution in [-0.4, -0.2) is 52.8 Å². The van der Waals surface area contributed by atoms with Gasteiger partial charge in [-0.3, -0.25) is 9.59 Å². The molecule has 1 heterocycles. The molecule has 1 unspecified atom stereocenters. The Labute approximate surface area is 195 Å². The van der Waals surface area contributed by atoms with Crippen molar-refractivity contribution in [2.45, 2.75) is 49.3 Å². The van der Waals surface area contributed by atoms with Gasteiger partial charge in [-0.2, -0.15) is 0 Å². The summed E-state index contributed by atoms with van der Waals surface area (Å²) >= 11 is 5.65. The second kappa shape index (κ2) is 9.15. The fraction of sp³-hybridized carbons (Fsp3) is 0.435. The molecule has 3 aliphatic rings. The van der Waals surface area contributed by atoms with Crippen LogP contribution in [-0.2, 0) is 4.79 Å². The van der Waals surface area contributed by atoms with Crippen LogP contribution in [0.4, 0.5) is 4.39 Å². The zero-order valence-corrected chi connectivity index (χ0v) is 18.8. The second-order valence-electron chi connectivity index (χ2n) is 8.59. The van der Waals surface area contributed by atoms with Gasteiger partial charge in [0.25, 0.3) is 11.8 Å². The molecule has 0 saturated heterocycles. The highest BCUT2D eigenvalue weighted by Gasteiger charge is 2.55. The lowest BCUT2D eigenvalue weighted by molar-refractivity contribution is -0.132. The third-order valence-electron chi connectivity index (χ3n) is 6.51. The van der Waals surface area contributed by atoms with Crippen molar-refractivity contribution < 1.29 is 28.6 Å². The van der Waals surface area contributed by atoms with Gasteiger partial charge in [-0.25, -0.2) is 9.37 Å². The lowest BCUT2D eigenvalue weighted by atomic mass is 9.60. The number of methoxy groups -OCH3 is 1. The number of nitrogens with zero attached hydrogens (tertiary/aromatic N) is 1. The van der Waals surface area contributed by atoms with Crippen LogP contribution in [0.5, 0.6) is 11.6 Å². The van der Waals surface area contributed by atoms with Gasteiger partial charge in [0.1, 0.15) is 17.3 Å². The van der Waals surface area contributed by atoms with Crippen molar-refractivity contribution in [2.24, 2.45) is 0 Å². The molecule has 8 nitrogen and oxygen atoms in total. The van der Waals surface area contributed by atoms with Gasteiger partial charge in [0.05, 0.1) is 23.8 Å². The molecule has 3 aliphatic carbocycles. The number of aromatic nitrogens is 1. The predicted octanol–water partition coefficient (Wildman–Crippen LogP) is 2.62. The van der Waals surface area contributed by atoms with Crippen LogP contribution in [0, 0.1) is 5.82 Å². The number of aliphatic hydroxyl groups is 1. The number of carbonyl (C=O) groups excluding carboxylic acids is 2. The van der Waals surface area contributed by atoms with Crippen molar-refractivity contribution in [3.05, 3.63) is 52.9 Å². The average molecular weight is 478 g/mol. The highest BCUT2D eigenvalue weighted by atomic mass is 35.5. The SMILES string of the molecule is COc1cccc(C(=O)NC23CCC(NC(=O)COc4ccc(Cl)c(F)c4)(CC2)C(O)C3)n1. The van der Waals surface area contributed by atoms with Crippen molar-refractivity contribution in [3.63, 3.8) is 0 Å². The molecule has 1 aromatic heterocycles. The minimum absolute atomic E-state index is 0.0315. The summed E-state index contributed by atoms with van der Waals surface area (Å²) in [7, 11) is 1.48. The Hall–Kier alpha value is -2.91. The van der Waals surface area contributed by atoms with Gasteiger partial charge in [0.15, 0.2) is 6.61 Å². The van der Waals surface area contributed by atoms with Crippen LogP contribution in [0.2, 0.25) is 5.02 Å². The number of fused-ring (bicyclic) bond motifs is 3. The predicted molar refractivity (Wildman–Crippen MR) is 118 cm³/mol. The van der Waals surface area contributed by atoms with E-state index in [1.54, 1.807) is 18.2 Å². The Bertz CT molecular complexity index is 1060. The van der Waals surface area contributed by atoms with Gasteiger partial charge in [-0.1, -0.05) is 17.7 Å². The summed E-state index contributed by atoms with van der Waals surface area (Å²) in [6, 6.07) is 8.89. The molecule has 1 atom stereocenters. The van der Waals surface area contributed by atoms with E-state index in [1.165, 1.54) is 19.2 Å². The number of rotatable bonds is 7. The average Bonchev–Trinajstić information content (AvgIpc) is 2.81. The number of nitrogens with one attached hydrogen (secondary N) is 2. The summed E-state index contributed by atoms with van der Waals surface area (Å²) in [6.07, 6.45) is 1.68. The molecule has 2 aromatic rings. The van der Waals surface area contributed by atoms with Gasteiger partial charge in [0.2, 0.25) is 5.88 Å². The van der Waals surface area contributed by atoms with E-state index in [9.17, 15) is 19.1 Å². The number of amides is 2. The maximum atomic E-state index is 13.5. The monoisotopic (exact) mass is 477 g/mol. The summed E-state index contributed by atoms with van der Waals surface area (Å²) in [6.45, 7) is -0.321. The molecule has 1 aromatic carbocycles. The van der Waals surface area contributed by atoms with Crippen molar-refractivity contribution in [3.8, 4) is 11.6 Å². The zero-order chi connectivity index (χ0) is 23.6. The first-order valence-corrected chi connectivity index (χ1v) is 11.0. The lowest BCUT2D eigenvalue weighted by Gasteiger charge is -2.56. The van der Waals surface area contributed by atoms with Gasteiger partial charge < -0.3 is 25.2 Å². The number of halogens is 2. The molecule has 10 heteroatoms. The highest BCUT2D eigenvalue weighted by Crippen LogP contribution is 2.47. The Morgan fingerprint density at radius 2 is 1.97 bits per heavy atom. The first-order valence-electron chi connectivity index (χ1n) is 10.6. The molecule has 2 amide bonds. The summed E-state index contributed by atoms with van der Waals surface area (Å²) in [5, 5.41) is 16.8. The van der Waals surface area contributed by atoms with Gasteiger partial charge in [0, 0.05) is 17.7 Å². The molecule has 0 radical (unpaired) electrons. The van der Waals surface area contributed by atoms with E-state index in [0.717, 1.165) is 6.07 Å². The Kier molecular flexibility index (Phi) is 6.45. The first-order chi connectivity index (χ1) is 15.7. The maximum absolute atomic E-state index is 13.5. The smallest absolute Gasteiger partial charge is 0.270 e. The van der Waals surface area contributed by atoms with E-state index in [-0.39, 0.29) is 29.0 Å². The largest absolute Gasteiger partial charge is 0.484 e. The van der Waals surface area contributed by atoms with Crippen molar-refractivity contribution in [2.75, 3.05) is 13.7 Å². The van der Waals surface area contributed by atoms with E-state index in [1.807, 2.05) is 0 Å². The van der Waals surface area contributed by atoms with Crippen LogP contribution in [0.15, 0.2) is 36.4 Å². The molecule has 0 spiro atoms. The van der Waals surface area contributed by atoms with Crippen molar-refractivity contribution >= 4 is 23.4 Å². The van der Waals surface area contributed by atoms with Gasteiger partial charge in [-0.15, -0.1) is 0 Å². The topological polar surface area (TPSA) is 110 Å². The molecule has 0 aliphatic heterocycles. The molecular weight excluding hydrogens is 453 g/mol. The normalized spacial score (nSPS) is 25.9. The maximum Gasteiger partial charge on any atom is 0.270 e. The van der Waals surface area contributed by atoms with Crippen molar-refractivity contribution in [1.82, 2.24) is 15.6 Å². The quantitative estimate of drug-likeness (QED) is 0.565. The van der Waals surface area contributed by atoms with Gasteiger partial charge in [-0.05, 0) is 50.3 Å². The Morgan fingerprint density at radius 1 is 1.21 bits per heavy atom. The van der Waals surface area contributed by atoms with Crippen LogP contribution in [0.1, 0.15) is 42.6 Å². The van der Waals surface area contributed by atoms with Crippen LogP contribution in [0.25, 0.3) is 0 Å². The molecule has 33 heavy (non-hydrogen) atoms. The van der Waals surface area contributed by atoms with E-state index < -0.39 is 28.9 Å². The van der Waals surface area contributed by atoms with Crippen molar-refractivity contribution in [1.29, 1.82) is 0 Å². The number of benzene rings is 1. The minimum Gasteiger partial charge on any atom is -0.484 e. The lowest BCUT2D eigenvalue weighted by Crippen LogP contribution is -2.70. The summed E-state index contributed by atoms with van der Waals surface area (Å²) < 4.78 is 24.0. The molecule has 3 N–H and O–H groups in total. The molecule has 3 fully saturated rings. The molecule has 2 bridgehead atoms. The number of hydrogen-bond donors (Lipinski definition) is 3. The van der Waals surface area contributed by atoms with E-state index in [4.69, 9.17) is 21.1 Å². The molecular formula is C23H25ClFN3O5. The van der Waals surface area contributed by atoms with E-state index in [0.29, 0.717) is 38.0 Å². The third kappa shape index (κ3) is 4.89.